The Labute approximate surface area is 117 Å². The van der Waals surface area contributed by atoms with Gasteiger partial charge in [0.15, 0.2) is 5.78 Å². The molecule has 3 rings (SSSR count). The van der Waals surface area contributed by atoms with Crippen molar-refractivity contribution in [2.75, 3.05) is 11.9 Å². The van der Waals surface area contributed by atoms with Crippen LogP contribution in [0.1, 0.15) is 27.4 Å². The predicted octanol–water partition coefficient (Wildman–Crippen LogP) is 4.04. The summed E-state index contributed by atoms with van der Waals surface area (Å²) in [4.78, 5) is 12.6. The minimum Gasteiger partial charge on any atom is -0.384 e. The zero-order valence-corrected chi connectivity index (χ0v) is 11.4. The molecule has 2 aromatic carbocycles. The molecule has 1 aliphatic heterocycles. The van der Waals surface area contributed by atoms with Crippen LogP contribution in [0, 0.1) is 6.92 Å². The maximum absolute atomic E-state index is 12.6. The number of carbonyl (C=O) groups is 1. The summed E-state index contributed by atoms with van der Waals surface area (Å²) in [5.74, 6) is 0.00863. The van der Waals surface area contributed by atoms with E-state index in [0.29, 0.717) is 17.1 Å². The fraction of sp³-hybridized carbons (Fsp3) is 0.188. The van der Waals surface area contributed by atoms with E-state index in [1.54, 1.807) is 6.07 Å². The van der Waals surface area contributed by atoms with Gasteiger partial charge < -0.3 is 5.32 Å². The summed E-state index contributed by atoms with van der Waals surface area (Å²) in [7, 11) is 0. The quantitative estimate of drug-likeness (QED) is 0.835. The Bertz CT molecular complexity index is 651. The van der Waals surface area contributed by atoms with Gasteiger partial charge in [-0.2, -0.15) is 0 Å². The second-order valence-corrected chi connectivity index (χ2v) is 5.26. The molecule has 0 aromatic heterocycles. The SMILES string of the molecule is Cc1ccc(C(=O)C2CNc3ccccc32)cc1Cl. The first-order chi connectivity index (χ1) is 9.16. The normalized spacial score (nSPS) is 16.8. The summed E-state index contributed by atoms with van der Waals surface area (Å²) in [6.45, 7) is 2.59. The third kappa shape index (κ3) is 2.13. The van der Waals surface area contributed by atoms with Crippen LogP contribution in [0.2, 0.25) is 5.02 Å². The van der Waals surface area contributed by atoms with Gasteiger partial charge in [0.1, 0.15) is 0 Å². The summed E-state index contributed by atoms with van der Waals surface area (Å²) >= 11 is 6.10. The van der Waals surface area contributed by atoms with Gasteiger partial charge in [-0.1, -0.05) is 41.9 Å². The molecule has 0 saturated carbocycles. The van der Waals surface area contributed by atoms with Crippen molar-refractivity contribution in [3.05, 3.63) is 64.2 Å². The zero-order chi connectivity index (χ0) is 13.4. The fourth-order valence-electron chi connectivity index (χ4n) is 2.47. The Kier molecular flexibility index (Phi) is 3.03. The van der Waals surface area contributed by atoms with Crippen LogP contribution in [0.15, 0.2) is 42.5 Å². The van der Waals surface area contributed by atoms with Crippen LogP contribution >= 0.6 is 11.6 Å². The molecular formula is C16H14ClNO. The van der Waals surface area contributed by atoms with Gasteiger partial charge in [-0.05, 0) is 30.2 Å². The number of halogens is 1. The molecule has 3 heteroatoms. The van der Waals surface area contributed by atoms with E-state index in [4.69, 9.17) is 11.6 Å². The van der Waals surface area contributed by atoms with E-state index >= 15 is 0 Å². The summed E-state index contributed by atoms with van der Waals surface area (Å²) in [5, 5.41) is 3.92. The summed E-state index contributed by atoms with van der Waals surface area (Å²) in [6.07, 6.45) is 0. The Morgan fingerprint density at radius 1 is 1.26 bits per heavy atom. The van der Waals surface area contributed by atoms with Crippen molar-refractivity contribution < 1.29 is 4.79 Å². The van der Waals surface area contributed by atoms with E-state index in [9.17, 15) is 4.79 Å². The lowest BCUT2D eigenvalue weighted by Gasteiger charge is -2.10. The molecule has 1 unspecified atom stereocenters. The summed E-state index contributed by atoms with van der Waals surface area (Å²) in [5.41, 5.74) is 3.80. The van der Waals surface area contributed by atoms with Crippen molar-refractivity contribution in [1.29, 1.82) is 0 Å². The van der Waals surface area contributed by atoms with E-state index in [0.717, 1.165) is 16.8 Å². The Hall–Kier alpha value is -1.80. The lowest BCUT2D eigenvalue weighted by molar-refractivity contribution is 0.0966. The number of fused-ring (bicyclic) bond motifs is 1. The van der Waals surface area contributed by atoms with E-state index in [1.165, 1.54) is 0 Å². The van der Waals surface area contributed by atoms with Crippen LogP contribution in [0.4, 0.5) is 5.69 Å². The van der Waals surface area contributed by atoms with Crippen molar-refractivity contribution >= 4 is 23.1 Å². The number of anilines is 1. The lowest BCUT2D eigenvalue weighted by atomic mass is 9.92. The van der Waals surface area contributed by atoms with Crippen LogP contribution in [-0.4, -0.2) is 12.3 Å². The van der Waals surface area contributed by atoms with Crippen LogP contribution in [0.3, 0.4) is 0 Å². The molecule has 1 atom stereocenters. The minimum atomic E-state index is -0.116. The number of hydrogen-bond acceptors (Lipinski definition) is 2. The van der Waals surface area contributed by atoms with Gasteiger partial charge in [-0.15, -0.1) is 0 Å². The van der Waals surface area contributed by atoms with Gasteiger partial charge in [-0.3, -0.25) is 4.79 Å². The third-order valence-electron chi connectivity index (χ3n) is 3.61. The molecule has 1 heterocycles. The summed E-state index contributed by atoms with van der Waals surface area (Å²) in [6, 6.07) is 13.5. The molecule has 0 spiro atoms. The number of Topliss-reactive ketones (excluding diaryl/α,β-unsaturated/α-hetero) is 1. The van der Waals surface area contributed by atoms with Crippen LogP contribution in [0.5, 0.6) is 0 Å². The number of nitrogens with one attached hydrogen (secondary N) is 1. The fourth-order valence-corrected chi connectivity index (χ4v) is 2.65. The van der Waals surface area contributed by atoms with Crippen LogP contribution < -0.4 is 5.32 Å². The maximum atomic E-state index is 12.6. The van der Waals surface area contributed by atoms with Crippen LogP contribution in [0.25, 0.3) is 0 Å². The number of para-hydroxylation sites is 1. The molecule has 19 heavy (non-hydrogen) atoms. The monoisotopic (exact) mass is 271 g/mol. The number of hydrogen-bond donors (Lipinski definition) is 1. The second kappa shape index (κ2) is 4.71. The van der Waals surface area contributed by atoms with Gasteiger partial charge in [0.05, 0.1) is 5.92 Å². The highest BCUT2D eigenvalue weighted by Crippen LogP contribution is 2.33. The summed E-state index contributed by atoms with van der Waals surface area (Å²) < 4.78 is 0. The van der Waals surface area contributed by atoms with Crippen molar-refractivity contribution in [3.63, 3.8) is 0 Å². The molecule has 0 saturated heterocycles. The number of rotatable bonds is 2. The molecule has 0 radical (unpaired) electrons. The van der Waals surface area contributed by atoms with Gasteiger partial charge >= 0.3 is 0 Å². The average molecular weight is 272 g/mol. The zero-order valence-electron chi connectivity index (χ0n) is 10.6. The molecule has 2 aromatic rings. The number of benzene rings is 2. The molecule has 2 nitrogen and oxygen atoms in total. The first kappa shape index (κ1) is 12.2. The molecule has 0 bridgehead atoms. The molecule has 96 valence electrons. The van der Waals surface area contributed by atoms with Gasteiger partial charge in [0.2, 0.25) is 0 Å². The van der Waals surface area contributed by atoms with E-state index in [1.807, 2.05) is 43.3 Å². The van der Waals surface area contributed by atoms with Gasteiger partial charge in [0.25, 0.3) is 0 Å². The van der Waals surface area contributed by atoms with Crippen molar-refractivity contribution in [2.24, 2.45) is 0 Å². The van der Waals surface area contributed by atoms with Crippen molar-refractivity contribution in [3.8, 4) is 0 Å². The second-order valence-electron chi connectivity index (χ2n) is 4.85. The molecule has 1 aliphatic rings. The topological polar surface area (TPSA) is 29.1 Å². The van der Waals surface area contributed by atoms with E-state index in [2.05, 4.69) is 5.32 Å². The van der Waals surface area contributed by atoms with Crippen molar-refractivity contribution in [2.45, 2.75) is 12.8 Å². The predicted molar refractivity (Wildman–Crippen MR) is 78.2 cm³/mol. The van der Waals surface area contributed by atoms with Gasteiger partial charge in [0, 0.05) is 22.8 Å². The number of ketones is 1. The molecule has 0 fully saturated rings. The molecule has 0 amide bonds. The Balaban J connectivity index is 1.95. The molecular weight excluding hydrogens is 258 g/mol. The third-order valence-corrected chi connectivity index (χ3v) is 4.01. The van der Waals surface area contributed by atoms with E-state index < -0.39 is 0 Å². The highest BCUT2D eigenvalue weighted by molar-refractivity contribution is 6.31. The highest BCUT2D eigenvalue weighted by Gasteiger charge is 2.28. The largest absolute Gasteiger partial charge is 0.384 e. The smallest absolute Gasteiger partial charge is 0.172 e. The Morgan fingerprint density at radius 3 is 2.84 bits per heavy atom. The minimum absolute atomic E-state index is 0.116. The molecule has 1 N–H and O–H groups in total. The van der Waals surface area contributed by atoms with Crippen LogP contribution in [-0.2, 0) is 0 Å². The first-order valence-electron chi connectivity index (χ1n) is 6.30. The maximum Gasteiger partial charge on any atom is 0.172 e. The number of aryl methyl sites for hydroxylation is 1. The highest BCUT2D eigenvalue weighted by atomic mass is 35.5. The molecule has 0 aliphatic carbocycles. The standard InChI is InChI=1S/C16H14ClNO/c1-10-6-7-11(8-14(10)17)16(19)13-9-18-15-5-3-2-4-12(13)15/h2-8,13,18H,9H2,1H3. The number of carbonyl (C=O) groups excluding carboxylic acids is 1. The van der Waals surface area contributed by atoms with Crippen molar-refractivity contribution in [1.82, 2.24) is 0 Å². The Morgan fingerprint density at radius 2 is 2.05 bits per heavy atom. The lowest BCUT2D eigenvalue weighted by Crippen LogP contribution is -2.14. The van der Waals surface area contributed by atoms with E-state index in [-0.39, 0.29) is 11.7 Å². The van der Waals surface area contributed by atoms with Gasteiger partial charge in [-0.25, -0.2) is 0 Å². The average Bonchev–Trinajstić information content (AvgIpc) is 2.85. The first-order valence-corrected chi connectivity index (χ1v) is 6.68.